The van der Waals surface area contributed by atoms with E-state index in [-0.39, 0.29) is 18.3 Å². The van der Waals surface area contributed by atoms with Gasteiger partial charge in [0.15, 0.2) is 5.82 Å². The zero-order valence-electron chi connectivity index (χ0n) is 11.1. The molecule has 20 heavy (non-hydrogen) atoms. The maximum atomic E-state index is 12.1. The summed E-state index contributed by atoms with van der Waals surface area (Å²) in [6, 6.07) is 7.13. The van der Waals surface area contributed by atoms with Gasteiger partial charge in [-0.15, -0.1) is 12.4 Å². The molecule has 2 aromatic rings. The summed E-state index contributed by atoms with van der Waals surface area (Å²) in [5.41, 5.74) is 6.54. The van der Waals surface area contributed by atoms with Gasteiger partial charge in [0.2, 0.25) is 0 Å². The molecule has 0 bridgehead atoms. The van der Waals surface area contributed by atoms with Crippen molar-refractivity contribution in [1.29, 1.82) is 0 Å². The highest BCUT2D eigenvalue weighted by atomic mass is 35.5. The van der Waals surface area contributed by atoms with Gasteiger partial charge in [0, 0.05) is 6.54 Å². The summed E-state index contributed by atoms with van der Waals surface area (Å²) in [5, 5.41) is 6.54. The maximum Gasteiger partial charge on any atom is 0.258 e. The van der Waals surface area contributed by atoms with Crippen molar-refractivity contribution in [2.45, 2.75) is 13.3 Å². The second kappa shape index (κ2) is 7.62. The van der Waals surface area contributed by atoms with Gasteiger partial charge in [-0.1, -0.05) is 17.3 Å². The normalized spacial score (nSPS) is 9.90. The maximum absolute atomic E-state index is 12.1. The number of amides is 1. The summed E-state index contributed by atoms with van der Waals surface area (Å²) in [4.78, 5) is 16.2. The second-order valence-corrected chi connectivity index (χ2v) is 4.09. The van der Waals surface area contributed by atoms with Crippen LogP contribution >= 0.6 is 12.4 Å². The molecule has 0 unspecified atom stereocenters. The molecule has 1 amide bonds. The van der Waals surface area contributed by atoms with Crippen molar-refractivity contribution >= 4 is 18.3 Å². The smallest absolute Gasteiger partial charge is 0.258 e. The number of nitrogens with zero attached hydrogens (tertiary/aromatic N) is 2. The van der Waals surface area contributed by atoms with E-state index < -0.39 is 0 Å². The zero-order chi connectivity index (χ0) is 13.7. The summed E-state index contributed by atoms with van der Waals surface area (Å²) in [5.74, 6) is 0.718. The van der Waals surface area contributed by atoms with Crippen LogP contribution in [-0.2, 0) is 0 Å². The summed E-state index contributed by atoms with van der Waals surface area (Å²) in [7, 11) is 0. The van der Waals surface area contributed by atoms with Crippen LogP contribution in [0.25, 0.3) is 11.5 Å². The van der Waals surface area contributed by atoms with Crippen molar-refractivity contribution in [2.75, 3.05) is 13.1 Å². The summed E-state index contributed by atoms with van der Waals surface area (Å²) >= 11 is 0. The zero-order valence-corrected chi connectivity index (χ0v) is 11.9. The third kappa shape index (κ3) is 3.79. The van der Waals surface area contributed by atoms with Gasteiger partial charge in [0.05, 0.1) is 11.1 Å². The highest BCUT2D eigenvalue weighted by molar-refractivity contribution is 5.99. The number of carbonyl (C=O) groups excluding carboxylic acids is 1. The first-order valence-corrected chi connectivity index (χ1v) is 6.10. The molecule has 0 fully saturated rings. The molecule has 0 aliphatic heterocycles. The quantitative estimate of drug-likeness (QED) is 0.816. The fourth-order valence-electron chi connectivity index (χ4n) is 1.67. The van der Waals surface area contributed by atoms with Crippen molar-refractivity contribution < 1.29 is 9.32 Å². The molecule has 0 saturated carbocycles. The number of nitrogens with two attached hydrogens (primary N) is 1. The average molecular weight is 297 g/mol. The van der Waals surface area contributed by atoms with Gasteiger partial charge in [0.1, 0.15) is 0 Å². The van der Waals surface area contributed by atoms with E-state index in [9.17, 15) is 4.79 Å². The van der Waals surface area contributed by atoms with Crippen molar-refractivity contribution in [3.05, 3.63) is 35.7 Å². The minimum absolute atomic E-state index is 0. The Bertz CT molecular complexity index is 571. The molecule has 1 aromatic heterocycles. The number of rotatable bonds is 5. The van der Waals surface area contributed by atoms with E-state index in [4.69, 9.17) is 10.3 Å². The van der Waals surface area contributed by atoms with Crippen LogP contribution in [-0.4, -0.2) is 29.1 Å². The molecular weight excluding hydrogens is 280 g/mol. The first-order valence-electron chi connectivity index (χ1n) is 6.10. The minimum Gasteiger partial charge on any atom is -0.352 e. The number of hydrogen-bond donors (Lipinski definition) is 2. The van der Waals surface area contributed by atoms with Crippen LogP contribution in [0.3, 0.4) is 0 Å². The van der Waals surface area contributed by atoms with Gasteiger partial charge in [-0.2, -0.15) is 4.98 Å². The predicted molar refractivity (Wildman–Crippen MR) is 77.7 cm³/mol. The molecule has 7 heteroatoms. The fraction of sp³-hybridized carbons (Fsp3) is 0.308. The van der Waals surface area contributed by atoms with E-state index in [1.54, 1.807) is 25.1 Å². The van der Waals surface area contributed by atoms with Crippen LogP contribution in [0, 0.1) is 6.92 Å². The van der Waals surface area contributed by atoms with Gasteiger partial charge in [0.25, 0.3) is 11.8 Å². The lowest BCUT2D eigenvalue weighted by atomic mass is 10.1. The fourth-order valence-corrected chi connectivity index (χ4v) is 1.67. The molecule has 0 radical (unpaired) electrons. The first kappa shape index (κ1) is 16.1. The number of halogens is 1. The third-order valence-electron chi connectivity index (χ3n) is 2.60. The van der Waals surface area contributed by atoms with E-state index in [1.807, 2.05) is 6.07 Å². The number of carbonyl (C=O) groups is 1. The van der Waals surface area contributed by atoms with Crippen molar-refractivity contribution in [3.8, 4) is 11.5 Å². The lowest BCUT2D eigenvalue weighted by Gasteiger charge is -2.07. The van der Waals surface area contributed by atoms with Gasteiger partial charge in [-0.3, -0.25) is 4.79 Å². The number of hydrogen-bond acceptors (Lipinski definition) is 5. The molecule has 1 aromatic carbocycles. The van der Waals surface area contributed by atoms with Crippen LogP contribution < -0.4 is 11.1 Å². The van der Waals surface area contributed by atoms with Crippen LogP contribution in [0.15, 0.2) is 28.8 Å². The van der Waals surface area contributed by atoms with Gasteiger partial charge < -0.3 is 15.6 Å². The molecule has 3 N–H and O–H groups in total. The Morgan fingerprint density at radius 2 is 2.15 bits per heavy atom. The Labute approximate surface area is 123 Å². The Morgan fingerprint density at radius 1 is 1.40 bits per heavy atom. The molecule has 0 spiro atoms. The molecule has 2 rings (SSSR count). The molecule has 0 aliphatic carbocycles. The molecule has 1 heterocycles. The molecule has 0 saturated heterocycles. The minimum atomic E-state index is -0.167. The van der Waals surface area contributed by atoms with Crippen molar-refractivity contribution in [2.24, 2.45) is 5.73 Å². The molecule has 108 valence electrons. The SMILES string of the molecule is Cc1noc(-c2ccccc2C(=O)NCCCN)n1.Cl. The van der Waals surface area contributed by atoms with Crippen LogP contribution in [0.4, 0.5) is 0 Å². The number of benzene rings is 1. The standard InChI is InChI=1S/C13H16N4O2.ClH/c1-9-16-13(19-17-9)11-6-3-2-5-10(11)12(18)15-8-4-7-14;/h2-3,5-6H,4,7-8,14H2,1H3,(H,15,18);1H. The number of nitrogens with one attached hydrogen (secondary N) is 1. The van der Waals surface area contributed by atoms with Crippen molar-refractivity contribution in [3.63, 3.8) is 0 Å². The molecule has 6 nitrogen and oxygen atoms in total. The molecular formula is C13H17ClN4O2. The summed E-state index contributed by atoms with van der Waals surface area (Å²) < 4.78 is 5.11. The predicted octanol–water partition coefficient (Wildman–Crippen LogP) is 1.55. The highest BCUT2D eigenvalue weighted by Gasteiger charge is 2.16. The Morgan fingerprint density at radius 3 is 2.80 bits per heavy atom. The average Bonchev–Trinajstić information content (AvgIpc) is 2.85. The lowest BCUT2D eigenvalue weighted by Crippen LogP contribution is -2.26. The third-order valence-corrected chi connectivity index (χ3v) is 2.60. The van der Waals surface area contributed by atoms with Crippen molar-refractivity contribution in [1.82, 2.24) is 15.5 Å². The second-order valence-electron chi connectivity index (χ2n) is 4.09. The largest absolute Gasteiger partial charge is 0.352 e. The van der Waals surface area contributed by atoms with E-state index >= 15 is 0 Å². The molecule has 0 atom stereocenters. The Kier molecular flexibility index (Phi) is 6.14. The van der Waals surface area contributed by atoms with Gasteiger partial charge >= 0.3 is 0 Å². The number of aromatic nitrogens is 2. The van der Waals surface area contributed by atoms with E-state index in [0.717, 1.165) is 6.42 Å². The monoisotopic (exact) mass is 296 g/mol. The molecule has 0 aliphatic rings. The Balaban J connectivity index is 0.00000200. The van der Waals surface area contributed by atoms with E-state index in [0.29, 0.717) is 35.9 Å². The lowest BCUT2D eigenvalue weighted by molar-refractivity contribution is 0.0954. The van der Waals surface area contributed by atoms with E-state index in [2.05, 4.69) is 15.5 Å². The Hall–Kier alpha value is -1.92. The van der Waals surface area contributed by atoms with E-state index in [1.165, 1.54) is 0 Å². The van der Waals surface area contributed by atoms with Crippen LogP contribution in [0.5, 0.6) is 0 Å². The summed E-state index contributed by atoms with van der Waals surface area (Å²) in [6.45, 7) is 2.83. The topological polar surface area (TPSA) is 94.0 Å². The first-order chi connectivity index (χ1) is 9.22. The number of aryl methyl sites for hydroxylation is 1. The summed E-state index contributed by atoms with van der Waals surface area (Å²) in [6.07, 6.45) is 0.744. The highest BCUT2D eigenvalue weighted by Crippen LogP contribution is 2.21. The van der Waals surface area contributed by atoms with Crippen LogP contribution in [0.2, 0.25) is 0 Å². The van der Waals surface area contributed by atoms with Crippen LogP contribution in [0.1, 0.15) is 22.6 Å². The van der Waals surface area contributed by atoms with Gasteiger partial charge in [-0.25, -0.2) is 0 Å². The van der Waals surface area contributed by atoms with Gasteiger partial charge in [-0.05, 0) is 32.0 Å².